The van der Waals surface area contributed by atoms with Gasteiger partial charge in [0.2, 0.25) is 0 Å². The van der Waals surface area contributed by atoms with E-state index in [1.165, 1.54) is 18.2 Å². The first-order chi connectivity index (χ1) is 8.56. The minimum absolute atomic E-state index is 0.301. The number of benzene rings is 2. The van der Waals surface area contributed by atoms with E-state index in [2.05, 4.69) is 15.9 Å². The second kappa shape index (κ2) is 5.59. The lowest BCUT2D eigenvalue weighted by molar-refractivity contribution is 0.589. The van der Waals surface area contributed by atoms with Crippen molar-refractivity contribution in [2.45, 2.75) is 12.5 Å². The predicted octanol–water partition coefficient (Wildman–Crippen LogP) is 3.97. The molecule has 0 amide bonds. The fourth-order valence-electron chi connectivity index (χ4n) is 1.79. The van der Waals surface area contributed by atoms with E-state index < -0.39 is 6.04 Å². The van der Waals surface area contributed by atoms with E-state index in [-0.39, 0.29) is 11.6 Å². The first kappa shape index (κ1) is 13.2. The van der Waals surface area contributed by atoms with Crippen molar-refractivity contribution >= 4 is 15.9 Å². The van der Waals surface area contributed by atoms with Gasteiger partial charge in [-0.3, -0.25) is 0 Å². The van der Waals surface area contributed by atoms with Crippen LogP contribution in [0.3, 0.4) is 0 Å². The highest BCUT2D eigenvalue weighted by molar-refractivity contribution is 9.10. The Morgan fingerprint density at radius 3 is 2.61 bits per heavy atom. The topological polar surface area (TPSA) is 26.0 Å². The van der Waals surface area contributed by atoms with E-state index >= 15 is 0 Å². The summed E-state index contributed by atoms with van der Waals surface area (Å²) in [6, 6.07) is 10.4. The summed E-state index contributed by atoms with van der Waals surface area (Å²) < 4.78 is 27.4. The molecule has 0 radical (unpaired) electrons. The molecule has 0 heterocycles. The van der Waals surface area contributed by atoms with Crippen LogP contribution < -0.4 is 5.73 Å². The standard InChI is InChI=1S/C14H12BrF2N/c15-11-4-5-13(17)10(6-11)8-14(18)9-2-1-3-12(16)7-9/h1-7,14H,8,18H2. The Labute approximate surface area is 113 Å². The fourth-order valence-corrected chi connectivity index (χ4v) is 2.20. The molecule has 1 unspecified atom stereocenters. The van der Waals surface area contributed by atoms with Crippen molar-refractivity contribution < 1.29 is 8.78 Å². The summed E-state index contributed by atoms with van der Waals surface area (Å²) in [7, 11) is 0. The third kappa shape index (κ3) is 3.15. The second-order valence-corrected chi connectivity index (χ2v) is 5.02. The highest BCUT2D eigenvalue weighted by atomic mass is 79.9. The van der Waals surface area contributed by atoms with Crippen LogP contribution in [0.1, 0.15) is 17.2 Å². The maximum atomic E-state index is 13.6. The fraction of sp³-hybridized carbons (Fsp3) is 0.143. The molecule has 1 atom stereocenters. The largest absolute Gasteiger partial charge is 0.324 e. The van der Waals surface area contributed by atoms with Crippen LogP contribution in [0.4, 0.5) is 8.78 Å². The van der Waals surface area contributed by atoms with Gasteiger partial charge in [0.1, 0.15) is 11.6 Å². The van der Waals surface area contributed by atoms with Crippen LogP contribution in [0, 0.1) is 11.6 Å². The molecule has 0 saturated heterocycles. The molecule has 1 nitrogen and oxygen atoms in total. The average molecular weight is 312 g/mol. The number of rotatable bonds is 3. The van der Waals surface area contributed by atoms with Crippen LogP contribution in [-0.4, -0.2) is 0 Å². The zero-order valence-electron chi connectivity index (χ0n) is 9.54. The first-order valence-electron chi connectivity index (χ1n) is 5.51. The summed E-state index contributed by atoms with van der Waals surface area (Å²) in [6.45, 7) is 0. The molecule has 0 aromatic heterocycles. The minimum Gasteiger partial charge on any atom is -0.324 e. The molecule has 2 aromatic rings. The number of hydrogen-bond donors (Lipinski definition) is 1. The molecule has 2 N–H and O–H groups in total. The summed E-state index contributed by atoms with van der Waals surface area (Å²) in [6.07, 6.45) is 0.328. The predicted molar refractivity (Wildman–Crippen MR) is 71.1 cm³/mol. The lowest BCUT2D eigenvalue weighted by Crippen LogP contribution is -2.14. The lowest BCUT2D eigenvalue weighted by atomic mass is 9.99. The monoisotopic (exact) mass is 311 g/mol. The minimum atomic E-state index is -0.426. The van der Waals surface area contributed by atoms with E-state index in [1.807, 2.05) is 0 Å². The van der Waals surface area contributed by atoms with Gasteiger partial charge in [0.25, 0.3) is 0 Å². The van der Waals surface area contributed by atoms with Gasteiger partial charge in [-0.1, -0.05) is 28.1 Å². The molecule has 94 valence electrons. The summed E-state index contributed by atoms with van der Waals surface area (Å²) in [5, 5.41) is 0. The first-order valence-corrected chi connectivity index (χ1v) is 6.30. The van der Waals surface area contributed by atoms with Crippen LogP contribution in [0.15, 0.2) is 46.9 Å². The highest BCUT2D eigenvalue weighted by Crippen LogP contribution is 2.21. The van der Waals surface area contributed by atoms with Gasteiger partial charge in [-0.25, -0.2) is 8.78 Å². The van der Waals surface area contributed by atoms with Gasteiger partial charge >= 0.3 is 0 Å². The second-order valence-electron chi connectivity index (χ2n) is 4.10. The maximum absolute atomic E-state index is 13.6. The van der Waals surface area contributed by atoms with Crippen molar-refractivity contribution in [2.24, 2.45) is 5.73 Å². The van der Waals surface area contributed by atoms with Crippen LogP contribution in [0.25, 0.3) is 0 Å². The van der Waals surface area contributed by atoms with E-state index in [0.29, 0.717) is 17.5 Å². The summed E-state index contributed by atoms with van der Waals surface area (Å²) in [4.78, 5) is 0. The van der Waals surface area contributed by atoms with Gasteiger partial charge in [-0.15, -0.1) is 0 Å². The molecule has 18 heavy (non-hydrogen) atoms. The SMILES string of the molecule is NC(Cc1cc(Br)ccc1F)c1cccc(F)c1. The third-order valence-corrected chi connectivity index (χ3v) is 3.22. The molecular formula is C14H12BrF2N. The number of hydrogen-bond acceptors (Lipinski definition) is 1. The summed E-state index contributed by atoms with van der Waals surface area (Å²) in [5.74, 6) is -0.636. The molecule has 0 bridgehead atoms. The lowest BCUT2D eigenvalue weighted by Gasteiger charge is -2.13. The Balaban J connectivity index is 2.21. The summed E-state index contributed by atoms with van der Waals surface area (Å²) >= 11 is 3.29. The van der Waals surface area contributed by atoms with Crippen molar-refractivity contribution in [3.05, 3.63) is 69.7 Å². The molecule has 0 aliphatic heterocycles. The molecule has 0 fully saturated rings. The molecule has 0 saturated carbocycles. The van der Waals surface area contributed by atoms with Crippen molar-refractivity contribution in [1.29, 1.82) is 0 Å². The van der Waals surface area contributed by atoms with Crippen LogP contribution in [0.5, 0.6) is 0 Å². The van der Waals surface area contributed by atoms with E-state index in [0.717, 1.165) is 4.47 Å². The van der Waals surface area contributed by atoms with Gasteiger partial charge < -0.3 is 5.73 Å². The molecule has 2 rings (SSSR count). The summed E-state index contributed by atoms with van der Waals surface area (Å²) in [5.41, 5.74) is 7.14. The van der Waals surface area contributed by atoms with Crippen molar-refractivity contribution in [3.63, 3.8) is 0 Å². The smallest absolute Gasteiger partial charge is 0.126 e. The van der Waals surface area contributed by atoms with Gasteiger partial charge in [-0.05, 0) is 47.9 Å². The maximum Gasteiger partial charge on any atom is 0.126 e. The molecular weight excluding hydrogens is 300 g/mol. The number of halogens is 3. The Bertz CT molecular complexity index is 557. The van der Waals surface area contributed by atoms with E-state index in [1.54, 1.807) is 24.3 Å². The Hall–Kier alpha value is -1.26. The average Bonchev–Trinajstić information content (AvgIpc) is 2.34. The molecule has 0 spiro atoms. The van der Waals surface area contributed by atoms with Gasteiger partial charge in [0.05, 0.1) is 0 Å². The zero-order chi connectivity index (χ0) is 13.1. The van der Waals surface area contributed by atoms with E-state index in [9.17, 15) is 8.78 Å². The third-order valence-electron chi connectivity index (χ3n) is 2.72. The zero-order valence-corrected chi connectivity index (χ0v) is 11.1. The molecule has 0 aliphatic carbocycles. The van der Waals surface area contributed by atoms with Gasteiger partial charge in [0.15, 0.2) is 0 Å². The Morgan fingerprint density at radius 1 is 1.11 bits per heavy atom. The van der Waals surface area contributed by atoms with Gasteiger partial charge in [0, 0.05) is 10.5 Å². The Kier molecular flexibility index (Phi) is 4.09. The number of nitrogens with two attached hydrogens (primary N) is 1. The van der Waals surface area contributed by atoms with E-state index in [4.69, 9.17) is 5.73 Å². The van der Waals surface area contributed by atoms with Gasteiger partial charge in [-0.2, -0.15) is 0 Å². The normalized spacial score (nSPS) is 12.4. The van der Waals surface area contributed by atoms with Crippen molar-refractivity contribution in [1.82, 2.24) is 0 Å². The molecule has 2 aromatic carbocycles. The molecule has 0 aliphatic rings. The van der Waals surface area contributed by atoms with Crippen LogP contribution in [0.2, 0.25) is 0 Å². The van der Waals surface area contributed by atoms with Crippen LogP contribution >= 0.6 is 15.9 Å². The van der Waals surface area contributed by atoms with Crippen LogP contribution in [-0.2, 0) is 6.42 Å². The Morgan fingerprint density at radius 2 is 1.89 bits per heavy atom. The highest BCUT2D eigenvalue weighted by Gasteiger charge is 2.11. The quantitative estimate of drug-likeness (QED) is 0.912. The molecule has 4 heteroatoms. The van der Waals surface area contributed by atoms with Crippen molar-refractivity contribution in [2.75, 3.05) is 0 Å². The van der Waals surface area contributed by atoms with Crippen molar-refractivity contribution in [3.8, 4) is 0 Å².